The first kappa shape index (κ1) is 17.6. The molecule has 0 N–H and O–H groups in total. The molecule has 2 heterocycles. The maximum absolute atomic E-state index is 12.3. The Hall–Kier alpha value is -3.21. The topological polar surface area (TPSA) is 57.0 Å². The summed E-state index contributed by atoms with van der Waals surface area (Å²) in [6, 6.07) is 15.6. The van der Waals surface area contributed by atoms with E-state index in [0.717, 1.165) is 17.0 Å². The number of carbonyl (C=O) groups excluding carboxylic acids is 1. The lowest BCUT2D eigenvalue weighted by Crippen LogP contribution is -2.06. The van der Waals surface area contributed by atoms with Gasteiger partial charge in [-0.1, -0.05) is 36.4 Å². The first-order chi connectivity index (χ1) is 12.6. The third-order valence-corrected chi connectivity index (χ3v) is 4.25. The molecule has 2 aromatic heterocycles. The molecule has 0 spiro atoms. The molecule has 5 nitrogen and oxygen atoms in total. The second-order valence-corrected chi connectivity index (χ2v) is 5.99. The molecule has 26 heavy (non-hydrogen) atoms. The zero-order valence-corrected chi connectivity index (χ0v) is 15.1. The minimum Gasteiger partial charge on any atom is -0.465 e. The largest absolute Gasteiger partial charge is 0.465 e. The van der Waals surface area contributed by atoms with Crippen molar-refractivity contribution < 1.29 is 9.53 Å². The molecule has 1 aromatic carbocycles. The van der Waals surface area contributed by atoms with E-state index in [9.17, 15) is 4.79 Å². The smallest absolute Gasteiger partial charge is 0.340 e. The summed E-state index contributed by atoms with van der Waals surface area (Å²) in [4.78, 5) is 16.6. The van der Waals surface area contributed by atoms with E-state index < -0.39 is 5.97 Å². The van der Waals surface area contributed by atoms with E-state index in [1.165, 1.54) is 12.7 Å². The molecule has 0 saturated heterocycles. The summed E-state index contributed by atoms with van der Waals surface area (Å²) in [5.41, 5.74) is 4.92. The van der Waals surface area contributed by atoms with E-state index in [-0.39, 0.29) is 0 Å². The second kappa shape index (κ2) is 7.78. The minimum atomic E-state index is -0.418. The summed E-state index contributed by atoms with van der Waals surface area (Å²) in [6.45, 7) is 4.62. The highest BCUT2D eigenvalue weighted by molar-refractivity contribution is 6.21. The Bertz CT molecular complexity index is 929. The predicted molar refractivity (Wildman–Crippen MR) is 101 cm³/mol. The number of rotatable bonds is 5. The lowest BCUT2D eigenvalue weighted by atomic mass is 10.1. The molecule has 0 fully saturated rings. The van der Waals surface area contributed by atoms with Gasteiger partial charge in [-0.2, -0.15) is 5.10 Å². The van der Waals surface area contributed by atoms with Gasteiger partial charge in [0.15, 0.2) is 0 Å². The molecule has 0 radical (unpaired) electrons. The molecule has 0 atom stereocenters. The van der Waals surface area contributed by atoms with Crippen LogP contribution in [0.1, 0.15) is 28.2 Å². The molecule has 3 aromatic rings. The molecule has 0 aliphatic rings. The van der Waals surface area contributed by atoms with Crippen molar-refractivity contribution >= 4 is 17.6 Å². The van der Waals surface area contributed by atoms with E-state index in [2.05, 4.69) is 22.2 Å². The Morgan fingerprint density at radius 3 is 2.50 bits per heavy atom. The van der Waals surface area contributed by atoms with E-state index >= 15 is 0 Å². The number of aryl methyl sites for hydroxylation is 1. The molecule has 0 aliphatic heterocycles. The van der Waals surface area contributed by atoms with Crippen LogP contribution in [0.25, 0.3) is 11.6 Å². The Morgan fingerprint density at radius 2 is 1.85 bits per heavy atom. The van der Waals surface area contributed by atoms with Crippen molar-refractivity contribution in [3.8, 4) is 0 Å². The third-order valence-electron chi connectivity index (χ3n) is 4.25. The number of hydrogen-bond donors (Lipinski definition) is 0. The van der Waals surface area contributed by atoms with Gasteiger partial charge in [-0.05, 0) is 37.6 Å². The molecule has 132 valence electrons. The number of benzene rings is 1. The van der Waals surface area contributed by atoms with E-state index in [1.807, 2.05) is 54.9 Å². The summed E-state index contributed by atoms with van der Waals surface area (Å²) >= 11 is 0. The maximum atomic E-state index is 12.3. The van der Waals surface area contributed by atoms with Gasteiger partial charge < -0.3 is 4.74 Å². The monoisotopic (exact) mass is 347 g/mol. The molecule has 0 amide bonds. The van der Waals surface area contributed by atoms with Gasteiger partial charge in [0.25, 0.3) is 0 Å². The number of hydrogen-bond acceptors (Lipinski definition) is 4. The number of methoxy groups -OCH3 is 1. The number of aromatic nitrogens is 3. The minimum absolute atomic E-state index is 0.415. The van der Waals surface area contributed by atoms with Crippen LogP contribution >= 0.6 is 0 Å². The summed E-state index contributed by atoms with van der Waals surface area (Å²) < 4.78 is 6.89. The molecule has 0 bridgehead atoms. The molecule has 5 heteroatoms. The van der Waals surface area contributed by atoms with Crippen LogP contribution in [-0.2, 0) is 16.1 Å². The van der Waals surface area contributed by atoms with Gasteiger partial charge in [0.2, 0.25) is 0 Å². The van der Waals surface area contributed by atoms with Crippen LogP contribution in [-0.4, -0.2) is 27.8 Å². The highest BCUT2D eigenvalue weighted by Gasteiger charge is 2.17. The Morgan fingerprint density at radius 1 is 1.12 bits per heavy atom. The van der Waals surface area contributed by atoms with Crippen molar-refractivity contribution in [2.75, 3.05) is 7.11 Å². The van der Waals surface area contributed by atoms with Crippen LogP contribution in [0.15, 0.2) is 54.7 Å². The van der Waals surface area contributed by atoms with Crippen molar-refractivity contribution in [1.82, 2.24) is 14.8 Å². The number of nitrogens with zero attached hydrogens (tertiary/aromatic N) is 3. The molecule has 0 aliphatic carbocycles. The van der Waals surface area contributed by atoms with E-state index in [4.69, 9.17) is 4.74 Å². The highest BCUT2D eigenvalue weighted by atomic mass is 16.5. The molecule has 0 unspecified atom stereocenters. The summed E-state index contributed by atoms with van der Waals surface area (Å²) in [6.07, 6.45) is 3.47. The van der Waals surface area contributed by atoms with E-state index in [0.29, 0.717) is 17.8 Å². The fraction of sp³-hybridized carbons (Fsp3) is 0.190. The average molecular weight is 347 g/mol. The first-order valence-corrected chi connectivity index (χ1v) is 8.39. The average Bonchev–Trinajstić information content (AvgIpc) is 2.94. The van der Waals surface area contributed by atoms with Crippen LogP contribution in [0.5, 0.6) is 0 Å². The number of pyridine rings is 1. The van der Waals surface area contributed by atoms with Crippen molar-refractivity contribution in [2.24, 2.45) is 0 Å². The SMILES string of the molecule is COC(=O)C(=Cc1c(C)nn(Cc2ccccc2)c1C)c1ccccn1. The zero-order chi connectivity index (χ0) is 18.5. The number of ether oxygens (including phenoxy) is 1. The van der Waals surface area contributed by atoms with Crippen molar-refractivity contribution in [1.29, 1.82) is 0 Å². The van der Waals surface area contributed by atoms with Gasteiger partial charge in [-0.25, -0.2) is 4.79 Å². The fourth-order valence-corrected chi connectivity index (χ4v) is 2.84. The van der Waals surface area contributed by atoms with Crippen LogP contribution in [0.4, 0.5) is 0 Å². The molecular weight excluding hydrogens is 326 g/mol. The maximum Gasteiger partial charge on any atom is 0.340 e. The summed E-state index contributed by atoms with van der Waals surface area (Å²) in [5.74, 6) is -0.418. The zero-order valence-electron chi connectivity index (χ0n) is 15.1. The molecular formula is C21H21N3O2. The molecule has 3 rings (SSSR count). The van der Waals surface area contributed by atoms with Gasteiger partial charge in [-0.15, -0.1) is 0 Å². The standard InChI is InChI=1S/C21H21N3O2/c1-15-18(13-19(21(25)26-3)20-11-7-8-12-22-20)16(2)24(23-15)14-17-9-5-4-6-10-17/h4-13H,14H2,1-3H3. The van der Waals surface area contributed by atoms with Crippen molar-refractivity contribution in [2.45, 2.75) is 20.4 Å². The predicted octanol–water partition coefficient (Wildman–Crippen LogP) is 3.66. The van der Waals surface area contributed by atoms with Gasteiger partial charge in [0, 0.05) is 17.5 Å². The fourth-order valence-electron chi connectivity index (χ4n) is 2.84. The Kier molecular flexibility index (Phi) is 5.27. The van der Waals surface area contributed by atoms with Crippen LogP contribution < -0.4 is 0 Å². The van der Waals surface area contributed by atoms with E-state index in [1.54, 1.807) is 12.3 Å². The second-order valence-electron chi connectivity index (χ2n) is 5.99. The number of esters is 1. The van der Waals surface area contributed by atoms with Crippen molar-refractivity contribution in [3.63, 3.8) is 0 Å². The first-order valence-electron chi connectivity index (χ1n) is 8.39. The normalized spacial score (nSPS) is 11.4. The van der Waals surface area contributed by atoms with Gasteiger partial charge in [-0.3, -0.25) is 9.67 Å². The third kappa shape index (κ3) is 3.72. The van der Waals surface area contributed by atoms with Gasteiger partial charge in [0.05, 0.1) is 30.6 Å². The van der Waals surface area contributed by atoms with Gasteiger partial charge in [0.1, 0.15) is 0 Å². The summed E-state index contributed by atoms with van der Waals surface area (Å²) in [7, 11) is 1.37. The quantitative estimate of drug-likeness (QED) is 0.522. The van der Waals surface area contributed by atoms with Crippen LogP contribution in [0.2, 0.25) is 0 Å². The van der Waals surface area contributed by atoms with Crippen LogP contribution in [0.3, 0.4) is 0 Å². The van der Waals surface area contributed by atoms with Crippen molar-refractivity contribution in [3.05, 3.63) is 82.9 Å². The lowest BCUT2D eigenvalue weighted by Gasteiger charge is -2.06. The highest BCUT2D eigenvalue weighted by Crippen LogP contribution is 2.23. The summed E-state index contributed by atoms with van der Waals surface area (Å²) in [5, 5.41) is 4.64. The Balaban J connectivity index is 2.02. The van der Waals surface area contributed by atoms with Crippen LogP contribution in [0, 0.1) is 13.8 Å². The number of carbonyl (C=O) groups is 1. The molecule has 0 saturated carbocycles. The lowest BCUT2D eigenvalue weighted by molar-refractivity contribution is -0.133. The Labute approximate surface area is 153 Å². The van der Waals surface area contributed by atoms with Gasteiger partial charge >= 0.3 is 5.97 Å².